The fraction of sp³-hybridized carbons (Fsp3) is 0.778. The van der Waals surface area contributed by atoms with E-state index in [2.05, 4.69) is 39.1 Å². The van der Waals surface area contributed by atoms with E-state index in [0.717, 1.165) is 19.6 Å². The summed E-state index contributed by atoms with van der Waals surface area (Å²) < 4.78 is 6.05. The molecular weight excluding hydrogens is 278 g/mol. The Bertz CT molecular complexity index is 470. The second-order valence-corrected chi connectivity index (χ2v) is 8.94. The van der Waals surface area contributed by atoms with E-state index in [1.165, 1.54) is 24.1 Å². The number of hydrogen-bond donors (Lipinski definition) is 1. The van der Waals surface area contributed by atoms with Gasteiger partial charge in [-0.15, -0.1) is 11.3 Å². The molecule has 3 rings (SSSR count). The molecular formula is C18H29NOS. The summed E-state index contributed by atoms with van der Waals surface area (Å²) >= 11 is 2.02. The molecule has 0 aromatic carbocycles. The van der Waals surface area contributed by atoms with Gasteiger partial charge in [0.2, 0.25) is 0 Å². The lowest BCUT2D eigenvalue weighted by Gasteiger charge is -2.52. The molecule has 0 radical (unpaired) electrons. The first-order valence-electron chi connectivity index (χ1n) is 8.42. The molecule has 2 aliphatic carbocycles. The van der Waals surface area contributed by atoms with E-state index < -0.39 is 0 Å². The predicted molar refractivity (Wildman–Crippen MR) is 89.9 cm³/mol. The largest absolute Gasteiger partial charge is 0.377 e. The van der Waals surface area contributed by atoms with Crippen molar-refractivity contribution >= 4 is 11.3 Å². The Hall–Kier alpha value is -0.380. The van der Waals surface area contributed by atoms with Crippen LogP contribution in [0.5, 0.6) is 0 Å². The number of rotatable bonds is 6. The Labute approximate surface area is 133 Å². The number of nitrogens with one attached hydrogen (secondary N) is 1. The van der Waals surface area contributed by atoms with Crippen LogP contribution in [0.25, 0.3) is 0 Å². The van der Waals surface area contributed by atoms with Gasteiger partial charge in [-0.3, -0.25) is 0 Å². The standard InChI is InChI=1S/C18H29NOS/c1-12(2)11-20-17-9-16(18(17,3)4)19-10-14-8-13-6-5-7-15(13)21-14/h8,12,16-17,19H,5-7,9-11H2,1-4H3. The van der Waals surface area contributed by atoms with E-state index in [-0.39, 0.29) is 5.41 Å². The average molecular weight is 308 g/mol. The molecule has 0 saturated heterocycles. The number of hydrogen-bond acceptors (Lipinski definition) is 3. The molecule has 1 N–H and O–H groups in total. The molecule has 1 aromatic rings. The third-order valence-corrected chi connectivity index (χ3v) is 6.37. The molecule has 0 bridgehead atoms. The first-order chi connectivity index (χ1) is 9.96. The highest BCUT2D eigenvalue weighted by molar-refractivity contribution is 7.12. The predicted octanol–water partition coefficient (Wildman–Crippen LogP) is 4.17. The second kappa shape index (κ2) is 6.02. The second-order valence-electron chi connectivity index (χ2n) is 7.72. The summed E-state index contributed by atoms with van der Waals surface area (Å²) in [6.45, 7) is 11.0. The monoisotopic (exact) mass is 307 g/mol. The summed E-state index contributed by atoms with van der Waals surface area (Å²) in [5.74, 6) is 0.626. The van der Waals surface area contributed by atoms with Crippen LogP contribution in [0, 0.1) is 11.3 Å². The number of fused-ring (bicyclic) bond motifs is 1. The molecule has 2 nitrogen and oxygen atoms in total. The van der Waals surface area contributed by atoms with Gasteiger partial charge in [-0.2, -0.15) is 0 Å². The van der Waals surface area contributed by atoms with Crippen molar-refractivity contribution in [2.75, 3.05) is 6.61 Å². The summed E-state index contributed by atoms with van der Waals surface area (Å²) in [5.41, 5.74) is 1.87. The number of aryl methyl sites for hydroxylation is 2. The highest BCUT2D eigenvalue weighted by Crippen LogP contribution is 2.43. The zero-order chi connectivity index (χ0) is 15.0. The fourth-order valence-electron chi connectivity index (χ4n) is 3.52. The quantitative estimate of drug-likeness (QED) is 0.852. The van der Waals surface area contributed by atoms with Gasteiger partial charge < -0.3 is 10.1 Å². The van der Waals surface area contributed by atoms with Crippen molar-refractivity contribution in [2.45, 2.75) is 72.1 Å². The Morgan fingerprint density at radius 1 is 1.38 bits per heavy atom. The van der Waals surface area contributed by atoms with Gasteiger partial charge in [-0.25, -0.2) is 0 Å². The van der Waals surface area contributed by atoms with E-state index in [4.69, 9.17) is 4.74 Å². The lowest BCUT2D eigenvalue weighted by molar-refractivity contribution is -0.124. The first-order valence-corrected chi connectivity index (χ1v) is 9.24. The van der Waals surface area contributed by atoms with E-state index in [1.807, 2.05) is 11.3 Å². The summed E-state index contributed by atoms with van der Waals surface area (Å²) in [5, 5.41) is 3.76. The molecule has 118 valence electrons. The molecule has 1 heterocycles. The maximum atomic E-state index is 6.05. The molecule has 2 atom stereocenters. The summed E-state index contributed by atoms with van der Waals surface area (Å²) in [6, 6.07) is 3.02. The van der Waals surface area contributed by atoms with Gasteiger partial charge in [-0.05, 0) is 43.2 Å². The zero-order valence-corrected chi connectivity index (χ0v) is 14.7. The third-order valence-electron chi connectivity index (χ3n) is 5.13. The maximum absolute atomic E-state index is 6.05. The van der Waals surface area contributed by atoms with Crippen LogP contribution < -0.4 is 5.32 Å². The van der Waals surface area contributed by atoms with Crippen molar-refractivity contribution in [3.63, 3.8) is 0 Å². The zero-order valence-electron chi connectivity index (χ0n) is 13.9. The topological polar surface area (TPSA) is 21.3 Å². The van der Waals surface area contributed by atoms with Gasteiger partial charge >= 0.3 is 0 Å². The number of ether oxygens (including phenoxy) is 1. The molecule has 2 unspecified atom stereocenters. The first kappa shape index (κ1) is 15.5. The van der Waals surface area contributed by atoms with Crippen LogP contribution in [0.3, 0.4) is 0 Å². The van der Waals surface area contributed by atoms with E-state index in [1.54, 1.807) is 10.4 Å². The molecule has 21 heavy (non-hydrogen) atoms. The van der Waals surface area contributed by atoms with Crippen LogP contribution in [0.2, 0.25) is 0 Å². The van der Waals surface area contributed by atoms with Crippen LogP contribution in [0.15, 0.2) is 6.07 Å². The molecule has 3 heteroatoms. The lowest BCUT2D eigenvalue weighted by atomic mass is 9.64. The van der Waals surface area contributed by atoms with Crippen LogP contribution in [0.1, 0.15) is 55.9 Å². The van der Waals surface area contributed by atoms with Crippen molar-refractivity contribution in [2.24, 2.45) is 11.3 Å². The highest BCUT2D eigenvalue weighted by atomic mass is 32.1. The van der Waals surface area contributed by atoms with Gasteiger partial charge in [-0.1, -0.05) is 27.7 Å². The Kier molecular flexibility index (Phi) is 4.45. The number of thiophene rings is 1. The minimum Gasteiger partial charge on any atom is -0.377 e. The normalized spacial score (nSPS) is 26.9. The van der Waals surface area contributed by atoms with Crippen LogP contribution in [-0.2, 0) is 24.1 Å². The molecule has 1 saturated carbocycles. The van der Waals surface area contributed by atoms with Crippen molar-refractivity contribution in [3.05, 3.63) is 21.4 Å². The van der Waals surface area contributed by atoms with Crippen molar-refractivity contribution in [1.82, 2.24) is 5.32 Å². The SMILES string of the molecule is CC(C)COC1CC(NCc2cc3c(s2)CCC3)C1(C)C. The summed E-state index contributed by atoms with van der Waals surface area (Å²) in [4.78, 5) is 3.15. The summed E-state index contributed by atoms with van der Waals surface area (Å²) in [6.07, 6.45) is 5.54. The highest BCUT2D eigenvalue weighted by Gasteiger charge is 2.48. The van der Waals surface area contributed by atoms with Gasteiger partial charge in [0, 0.05) is 34.4 Å². The Morgan fingerprint density at radius 3 is 2.86 bits per heavy atom. The van der Waals surface area contributed by atoms with Crippen LogP contribution >= 0.6 is 11.3 Å². The molecule has 0 spiro atoms. The van der Waals surface area contributed by atoms with Crippen LogP contribution in [0.4, 0.5) is 0 Å². The smallest absolute Gasteiger partial charge is 0.0656 e. The third kappa shape index (κ3) is 3.20. The van der Waals surface area contributed by atoms with E-state index in [0.29, 0.717) is 18.1 Å². The summed E-state index contributed by atoms with van der Waals surface area (Å²) in [7, 11) is 0. The van der Waals surface area contributed by atoms with Gasteiger partial charge in [0.1, 0.15) is 0 Å². The van der Waals surface area contributed by atoms with Gasteiger partial charge in [0.25, 0.3) is 0 Å². The van der Waals surface area contributed by atoms with Gasteiger partial charge in [0.15, 0.2) is 0 Å². The molecule has 0 aliphatic heterocycles. The lowest BCUT2D eigenvalue weighted by Crippen LogP contribution is -2.60. The average Bonchev–Trinajstić information content (AvgIpc) is 2.97. The van der Waals surface area contributed by atoms with Crippen molar-refractivity contribution < 1.29 is 4.74 Å². The Morgan fingerprint density at radius 2 is 2.19 bits per heavy atom. The molecule has 1 aromatic heterocycles. The van der Waals surface area contributed by atoms with E-state index >= 15 is 0 Å². The van der Waals surface area contributed by atoms with Crippen molar-refractivity contribution in [3.8, 4) is 0 Å². The van der Waals surface area contributed by atoms with Crippen molar-refractivity contribution in [1.29, 1.82) is 0 Å². The maximum Gasteiger partial charge on any atom is 0.0656 e. The Balaban J connectivity index is 1.48. The molecule has 2 aliphatic rings. The minimum absolute atomic E-state index is 0.259. The molecule has 1 fully saturated rings. The fourth-order valence-corrected chi connectivity index (χ4v) is 4.74. The van der Waals surface area contributed by atoms with Gasteiger partial charge in [0.05, 0.1) is 6.10 Å². The van der Waals surface area contributed by atoms with E-state index in [9.17, 15) is 0 Å². The van der Waals surface area contributed by atoms with Crippen LogP contribution in [-0.4, -0.2) is 18.8 Å². The minimum atomic E-state index is 0.259. The molecule has 0 amide bonds.